The van der Waals surface area contributed by atoms with E-state index in [1.165, 1.54) is 50.6 Å². The van der Waals surface area contributed by atoms with Gasteiger partial charge in [0.25, 0.3) is 5.91 Å². The van der Waals surface area contributed by atoms with Crippen molar-refractivity contribution in [3.05, 3.63) is 53.6 Å². The summed E-state index contributed by atoms with van der Waals surface area (Å²) in [6.45, 7) is -0.375. The Morgan fingerprint density at radius 1 is 1.00 bits per heavy atom. The van der Waals surface area contributed by atoms with E-state index < -0.39 is 50.6 Å². The van der Waals surface area contributed by atoms with E-state index in [4.69, 9.17) is 26.2 Å². The molecule has 0 aromatic heterocycles. The quantitative estimate of drug-likeness (QED) is 0.370. The molecule has 1 unspecified atom stereocenters. The fourth-order valence-electron chi connectivity index (χ4n) is 3.42. The summed E-state index contributed by atoms with van der Waals surface area (Å²) in [5.41, 5.74) is 0.0729. The smallest absolute Gasteiger partial charge is 0.252 e. The maximum absolute atomic E-state index is 13.5. The highest BCUT2D eigenvalue weighted by Gasteiger charge is 2.47. The van der Waals surface area contributed by atoms with Gasteiger partial charge in [0.05, 0.1) is 28.4 Å². The molecule has 34 heavy (non-hydrogen) atoms. The number of carbonyl (C=O) groups is 2. The molecule has 3 rings (SSSR count). The molecule has 2 N–H and O–H groups in total. The van der Waals surface area contributed by atoms with Crippen LogP contribution in [-0.2, 0) is 39.1 Å². The molecule has 184 valence electrons. The van der Waals surface area contributed by atoms with Crippen molar-refractivity contribution >= 4 is 49.1 Å². The summed E-state index contributed by atoms with van der Waals surface area (Å²) in [4.78, 5) is 26.5. The van der Waals surface area contributed by atoms with E-state index in [1.54, 1.807) is 0 Å². The van der Waals surface area contributed by atoms with Crippen LogP contribution in [0.25, 0.3) is 0 Å². The second-order valence-electron chi connectivity index (χ2n) is 7.26. The summed E-state index contributed by atoms with van der Waals surface area (Å²) in [6.07, 6.45) is -1.46. The Morgan fingerprint density at radius 2 is 1.53 bits per heavy atom. The first kappa shape index (κ1) is 26.2. The highest BCUT2D eigenvalue weighted by molar-refractivity contribution is 7.89. The standard InChI is InChI=1S/C20H22ClN3O8S2/c1-31-19(32-2)12-23(34(29,30)16-7-3-13(21)4-8-16)17-11-18(25)24(20(17)26)14-5-9-15(10-6-14)33(22,27)28/h3-10,17,19H,11-12H2,1-2H3,(H2,22,27,28). The van der Waals surface area contributed by atoms with Gasteiger partial charge < -0.3 is 9.47 Å². The topological polar surface area (TPSA) is 153 Å². The van der Waals surface area contributed by atoms with Crippen LogP contribution in [0.15, 0.2) is 58.3 Å². The third-order valence-corrected chi connectivity index (χ3v) is 8.24. The Kier molecular flexibility index (Phi) is 7.77. The molecule has 1 heterocycles. The molecule has 0 bridgehead atoms. The number of sulfonamides is 2. The predicted molar refractivity (Wildman–Crippen MR) is 122 cm³/mol. The van der Waals surface area contributed by atoms with E-state index in [-0.39, 0.29) is 22.0 Å². The van der Waals surface area contributed by atoms with Gasteiger partial charge in [-0.2, -0.15) is 4.31 Å². The van der Waals surface area contributed by atoms with Crippen LogP contribution >= 0.6 is 11.6 Å². The number of hydrogen-bond donors (Lipinski definition) is 1. The third kappa shape index (κ3) is 5.30. The Labute approximate surface area is 202 Å². The number of nitrogens with two attached hydrogens (primary N) is 1. The number of halogens is 1. The number of hydrogen-bond acceptors (Lipinski definition) is 8. The minimum Gasteiger partial charge on any atom is -0.354 e. The van der Waals surface area contributed by atoms with Crippen molar-refractivity contribution in [3.8, 4) is 0 Å². The lowest BCUT2D eigenvalue weighted by atomic mass is 10.2. The van der Waals surface area contributed by atoms with Crippen LogP contribution in [0, 0.1) is 0 Å². The first-order valence-electron chi connectivity index (χ1n) is 9.73. The maximum atomic E-state index is 13.5. The van der Waals surface area contributed by atoms with Crippen LogP contribution in [0.3, 0.4) is 0 Å². The lowest BCUT2D eigenvalue weighted by Crippen LogP contribution is -2.49. The number of rotatable bonds is 9. The molecule has 1 aliphatic rings. The van der Waals surface area contributed by atoms with E-state index in [0.29, 0.717) is 5.02 Å². The lowest BCUT2D eigenvalue weighted by molar-refractivity contribution is -0.125. The summed E-state index contributed by atoms with van der Waals surface area (Å²) < 4.78 is 61.0. The first-order chi connectivity index (χ1) is 15.9. The second kappa shape index (κ2) is 10.1. The molecule has 2 aromatic rings. The van der Waals surface area contributed by atoms with Gasteiger partial charge in [-0.25, -0.2) is 26.9 Å². The maximum Gasteiger partial charge on any atom is 0.252 e. The summed E-state index contributed by atoms with van der Waals surface area (Å²) >= 11 is 5.87. The van der Waals surface area contributed by atoms with Crippen LogP contribution in [-0.4, -0.2) is 66.1 Å². The molecule has 1 atom stereocenters. The molecular weight excluding hydrogens is 510 g/mol. The van der Waals surface area contributed by atoms with Gasteiger partial charge in [0.2, 0.25) is 26.0 Å². The number of benzene rings is 2. The van der Waals surface area contributed by atoms with Crippen LogP contribution in [0.2, 0.25) is 5.02 Å². The molecule has 2 amide bonds. The summed E-state index contributed by atoms with van der Waals surface area (Å²) in [5, 5.41) is 5.40. The van der Waals surface area contributed by atoms with Crippen molar-refractivity contribution in [3.63, 3.8) is 0 Å². The highest BCUT2D eigenvalue weighted by atomic mass is 35.5. The van der Waals surface area contributed by atoms with Gasteiger partial charge in [-0.05, 0) is 48.5 Å². The zero-order valence-corrected chi connectivity index (χ0v) is 20.5. The molecule has 0 saturated carbocycles. The largest absolute Gasteiger partial charge is 0.354 e. The monoisotopic (exact) mass is 531 g/mol. The van der Waals surface area contributed by atoms with Gasteiger partial charge in [-0.3, -0.25) is 9.59 Å². The van der Waals surface area contributed by atoms with Gasteiger partial charge in [0.15, 0.2) is 6.29 Å². The Bertz CT molecular complexity index is 1280. The fourth-order valence-corrected chi connectivity index (χ4v) is 5.63. The van der Waals surface area contributed by atoms with Gasteiger partial charge in [-0.1, -0.05) is 11.6 Å². The minimum atomic E-state index is -4.29. The van der Waals surface area contributed by atoms with Gasteiger partial charge >= 0.3 is 0 Å². The van der Waals surface area contributed by atoms with Crippen LogP contribution in [0.1, 0.15) is 6.42 Å². The van der Waals surface area contributed by atoms with Crippen LogP contribution < -0.4 is 10.0 Å². The van der Waals surface area contributed by atoms with Gasteiger partial charge in [-0.15, -0.1) is 0 Å². The number of anilines is 1. The molecule has 1 fully saturated rings. The number of carbonyl (C=O) groups excluding carboxylic acids is 2. The fraction of sp³-hybridized carbons (Fsp3) is 0.300. The van der Waals surface area contributed by atoms with Crippen molar-refractivity contribution < 1.29 is 35.9 Å². The molecule has 0 aliphatic carbocycles. The second-order valence-corrected chi connectivity index (χ2v) is 11.1. The van der Waals surface area contributed by atoms with Crippen molar-refractivity contribution in [1.82, 2.24) is 4.31 Å². The molecule has 11 nitrogen and oxygen atoms in total. The lowest BCUT2D eigenvalue weighted by Gasteiger charge is -2.29. The number of amides is 2. The highest BCUT2D eigenvalue weighted by Crippen LogP contribution is 2.30. The van der Waals surface area contributed by atoms with Crippen molar-refractivity contribution in [2.45, 2.75) is 28.5 Å². The van der Waals surface area contributed by atoms with Gasteiger partial charge in [0.1, 0.15) is 6.04 Å². The number of nitrogens with zero attached hydrogens (tertiary/aromatic N) is 2. The van der Waals surface area contributed by atoms with E-state index >= 15 is 0 Å². The normalized spacial score (nSPS) is 17.2. The molecule has 0 radical (unpaired) electrons. The van der Waals surface area contributed by atoms with Crippen LogP contribution in [0.4, 0.5) is 5.69 Å². The summed E-state index contributed by atoms with van der Waals surface area (Å²) in [6, 6.07) is 8.72. The Hall–Kier alpha value is -2.39. The van der Waals surface area contributed by atoms with E-state index in [0.717, 1.165) is 21.3 Å². The molecule has 0 spiro atoms. The Balaban J connectivity index is 2.00. The summed E-state index contributed by atoms with van der Waals surface area (Å²) in [7, 11) is -5.65. The number of primary sulfonamides is 1. The first-order valence-corrected chi connectivity index (χ1v) is 13.1. The van der Waals surface area contributed by atoms with Gasteiger partial charge in [0, 0.05) is 19.2 Å². The van der Waals surface area contributed by atoms with E-state index in [9.17, 15) is 26.4 Å². The van der Waals surface area contributed by atoms with Crippen molar-refractivity contribution in [1.29, 1.82) is 0 Å². The molecular formula is C20H22ClN3O8S2. The third-order valence-electron chi connectivity index (χ3n) is 5.17. The number of ether oxygens (including phenoxy) is 2. The van der Waals surface area contributed by atoms with E-state index in [1.807, 2.05) is 0 Å². The van der Waals surface area contributed by atoms with Crippen LogP contribution in [0.5, 0.6) is 0 Å². The number of methoxy groups -OCH3 is 2. The molecule has 14 heteroatoms. The minimum absolute atomic E-state index is 0.0729. The molecule has 1 aliphatic heterocycles. The zero-order valence-electron chi connectivity index (χ0n) is 18.1. The SMILES string of the molecule is COC(CN(C1CC(=O)N(c2ccc(S(N)(=O)=O)cc2)C1=O)S(=O)(=O)c1ccc(Cl)cc1)OC. The van der Waals surface area contributed by atoms with E-state index in [2.05, 4.69) is 0 Å². The van der Waals surface area contributed by atoms with Crippen molar-refractivity contribution in [2.75, 3.05) is 25.7 Å². The molecule has 2 aromatic carbocycles. The zero-order chi connectivity index (χ0) is 25.3. The average Bonchev–Trinajstić information content (AvgIpc) is 3.07. The molecule has 1 saturated heterocycles. The predicted octanol–water partition coefficient (Wildman–Crippen LogP) is 0.929. The Morgan fingerprint density at radius 3 is 2.03 bits per heavy atom. The number of imide groups is 1. The summed E-state index contributed by atoms with van der Waals surface area (Å²) in [5.74, 6) is -1.47. The van der Waals surface area contributed by atoms with Crippen molar-refractivity contribution in [2.24, 2.45) is 5.14 Å². The average molecular weight is 532 g/mol.